The number of Topliss-reactive ketones (excluding diaryl/α,β-unsaturated/α-hetero) is 1. The zero-order valence-electron chi connectivity index (χ0n) is 25.0. The lowest BCUT2D eigenvalue weighted by atomic mass is 9.85. The average molecular weight is 573 g/mol. The maximum absolute atomic E-state index is 14.1. The summed E-state index contributed by atoms with van der Waals surface area (Å²) in [6, 6.07) is -2.02. The lowest BCUT2D eigenvalue weighted by Gasteiger charge is -2.35. The van der Waals surface area contributed by atoms with Crippen molar-refractivity contribution in [1.82, 2.24) is 20.4 Å². The highest BCUT2D eigenvalue weighted by atomic mass is 16.6. The van der Waals surface area contributed by atoms with Gasteiger partial charge in [-0.15, -0.1) is 0 Å². The Balaban J connectivity index is 1.72. The Kier molecular flexibility index (Phi) is 8.79. The van der Waals surface area contributed by atoms with E-state index in [1.165, 1.54) is 22.8 Å². The van der Waals surface area contributed by atoms with E-state index in [1.54, 1.807) is 0 Å². The van der Waals surface area contributed by atoms with Crippen molar-refractivity contribution >= 4 is 36.1 Å². The molecule has 0 radical (unpaired) electrons. The third-order valence-corrected chi connectivity index (χ3v) is 8.68. The van der Waals surface area contributed by atoms with Crippen LogP contribution in [0.4, 0.5) is 9.59 Å². The number of ether oxygens (including phenoxy) is 2. The van der Waals surface area contributed by atoms with Crippen LogP contribution in [0.3, 0.4) is 0 Å². The van der Waals surface area contributed by atoms with Crippen LogP contribution in [-0.4, -0.2) is 82.7 Å². The quantitative estimate of drug-likeness (QED) is 0.440. The summed E-state index contributed by atoms with van der Waals surface area (Å²) in [6.45, 7) is 11.3. The SMILES string of the molecule is CC[C@@H]1[C@@H]2CN(C(=O)[C@H](C(C)(C)C)NC(=O)O[C@]3(C)C[C@H]3CCCCCN3C(=O)N/C(=C\C=N)N=C3O2)[C@@H]1C(C)=O. The first-order valence-corrected chi connectivity index (χ1v) is 14.6. The van der Waals surface area contributed by atoms with Gasteiger partial charge in [-0.2, -0.15) is 4.99 Å². The molecule has 0 unspecified atom stereocenters. The van der Waals surface area contributed by atoms with Gasteiger partial charge < -0.3 is 25.1 Å². The van der Waals surface area contributed by atoms with Crippen LogP contribution < -0.4 is 10.6 Å². The summed E-state index contributed by atoms with van der Waals surface area (Å²) in [4.78, 5) is 60.7. The third-order valence-electron chi connectivity index (χ3n) is 8.68. The molecule has 0 spiro atoms. The fourth-order valence-corrected chi connectivity index (χ4v) is 6.25. The number of hydrogen-bond acceptors (Lipinski definition) is 8. The number of ketones is 1. The van der Waals surface area contributed by atoms with Gasteiger partial charge in [-0.05, 0) is 51.0 Å². The topological polar surface area (TPSA) is 153 Å². The number of allylic oxidation sites excluding steroid dienone is 1. The minimum absolute atomic E-state index is 0.0861. The highest BCUT2D eigenvalue weighted by Crippen LogP contribution is 2.49. The summed E-state index contributed by atoms with van der Waals surface area (Å²) in [5, 5.41) is 12.9. The molecule has 3 fully saturated rings. The minimum atomic E-state index is -0.941. The van der Waals surface area contributed by atoms with Gasteiger partial charge in [0.25, 0.3) is 0 Å². The third kappa shape index (κ3) is 6.56. The molecule has 226 valence electrons. The highest BCUT2D eigenvalue weighted by molar-refractivity contribution is 5.98. The Bertz CT molecular complexity index is 1150. The molecular weight excluding hydrogens is 528 g/mol. The van der Waals surface area contributed by atoms with Gasteiger partial charge in [0.05, 0.1) is 12.6 Å². The van der Waals surface area contributed by atoms with E-state index in [2.05, 4.69) is 15.6 Å². The normalized spacial score (nSPS) is 34.1. The average Bonchev–Trinajstić information content (AvgIpc) is 3.34. The number of carbonyl (C=O) groups is 4. The first-order valence-electron chi connectivity index (χ1n) is 14.6. The monoisotopic (exact) mass is 572 g/mol. The number of nitrogens with one attached hydrogen (secondary N) is 3. The fourth-order valence-electron chi connectivity index (χ4n) is 6.25. The van der Waals surface area contributed by atoms with E-state index in [1.807, 2.05) is 34.6 Å². The van der Waals surface area contributed by atoms with Crippen LogP contribution in [0.5, 0.6) is 0 Å². The maximum Gasteiger partial charge on any atom is 0.408 e. The highest BCUT2D eigenvalue weighted by Gasteiger charge is 2.54. The number of alkyl carbamates (subject to hydrolysis) is 1. The summed E-state index contributed by atoms with van der Waals surface area (Å²) >= 11 is 0. The Hall–Kier alpha value is -3.44. The minimum Gasteiger partial charge on any atom is -0.459 e. The van der Waals surface area contributed by atoms with Crippen molar-refractivity contribution in [3.05, 3.63) is 11.9 Å². The van der Waals surface area contributed by atoms with Crippen molar-refractivity contribution in [2.24, 2.45) is 22.2 Å². The number of amidine groups is 1. The largest absolute Gasteiger partial charge is 0.459 e. The van der Waals surface area contributed by atoms with Gasteiger partial charge in [-0.25, -0.2) is 14.5 Å². The van der Waals surface area contributed by atoms with Crippen LogP contribution in [0.2, 0.25) is 0 Å². The fraction of sp³-hybridized carbons (Fsp3) is 0.724. The number of hydrogen-bond donors (Lipinski definition) is 3. The Morgan fingerprint density at radius 3 is 2.59 bits per heavy atom. The molecule has 2 saturated heterocycles. The van der Waals surface area contributed by atoms with E-state index < -0.39 is 41.3 Å². The molecule has 4 amide bonds. The van der Waals surface area contributed by atoms with Crippen LogP contribution >= 0.6 is 0 Å². The van der Waals surface area contributed by atoms with Crippen molar-refractivity contribution in [1.29, 1.82) is 5.41 Å². The number of urea groups is 1. The molecule has 0 aromatic carbocycles. The van der Waals surface area contributed by atoms with Gasteiger partial charge in [0, 0.05) is 24.6 Å². The van der Waals surface area contributed by atoms with E-state index >= 15 is 0 Å². The van der Waals surface area contributed by atoms with Crippen molar-refractivity contribution < 1.29 is 28.7 Å². The smallest absolute Gasteiger partial charge is 0.408 e. The molecule has 6 atom stereocenters. The van der Waals surface area contributed by atoms with Crippen LogP contribution in [0.25, 0.3) is 0 Å². The Morgan fingerprint density at radius 2 is 1.95 bits per heavy atom. The number of aliphatic imine (C=N–C) groups is 1. The second-order valence-electron chi connectivity index (χ2n) is 12.9. The summed E-state index contributed by atoms with van der Waals surface area (Å²) in [6.07, 6.45) is 5.80. The predicted molar refractivity (Wildman–Crippen MR) is 152 cm³/mol. The molecule has 1 aliphatic carbocycles. The maximum atomic E-state index is 14.1. The second kappa shape index (κ2) is 11.8. The van der Waals surface area contributed by atoms with E-state index in [0.717, 1.165) is 31.9 Å². The molecule has 1 saturated carbocycles. The van der Waals surface area contributed by atoms with Crippen molar-refractivity contribution in [3.63, 3.8) is 0 Å². The van der Waals surface area contributed by atoms with Crippen molar-refractivity contribution in [2.45, 2.75) is 104 Å². The summed E-state index contributed by atoms with van der Waals surface area (Å²) < 4.78 is 12.2. The van der Waals surface area contributed by atoms with Crippen LogP contribution in [0.1, 0.15) is 80.1 Å². The van der Waals surface area contributed by atoms with E-state index in [-0.39, 0.29) is 41.9 Å². The zero-order chi connectivity index (χ0) is 30.1. The molecule has 41 heavy (non-hydrogen) atoms. The number of carbonyl (C=O) groups excluding carboxylic acids is 4. The summed E-state index contributed by atoms with van der Waals surface area (Å²) in [5.74, 6) is -0.515. The predicted octanol–water partition coefficient (Wildman–Crippen LogP) is 3.56. The molecule has 4 aliphatic rings. The standard InChI is InChI=1S/C29H44N6O6/c1-7-19-20-16-35(22(19)17(2)36)24(37)23(28(3,4)5)33-27(39)41-29(6)15-18(29)11-9-8-10-14-34-25(38)31-21(12-13-30)32-26(34)40-20/h12-13,18-20,22-23,30H,7-11,14-16H2,1-6H3,(H,31,38)(H,33,39)/b21-12+,30-13?/t18-,19-,20+,22-,23-,29-/m1/s1. The molecule has 3 N–H and O–H groups in total. The lowest BCUT2D eigenvalue weighted by Crippen LogP contribution is -2.57. The summed E-state index contributed by atoms with van der Waals surface area (Å²) in [5.41, 5.74) is -1.25. The molecule has 3 heterocycles. The van der Waals surface area contributed by atoms with Gasteiger partial charge in [0.2, 0.25) is 5.91 Å². The first kappa shape index (κ1) is 30.5. The van der Waals surface area contributed by atoms with E-state index in [0.29, 0.717) is 19.4 Å². The molecule has 12 heteroatoms. The lowest BCUT2D eigenvalue weighted by molar-refractivity contribution is -0.141. The molecule has 12 nitrogen and oxygen atoms in total. The first-order chi connectivity index (χ1) is 19.3. The van der Waals surface area contributed by atoms with Crippen LogP contribution in [0, 0.1) is 22.7 Å². The van der Waals surface area contributed by atoms with Gasteiger partial charge in [-0.1, -0.05) is 40.5 Å². The molecule has 0 aromatic rings. The molecule has 2 bridgehead atoms. The van der Waals surface area contributed by atoms with Crippen LogP contribution in [0.15, 0.2) is 16.9 Å². The molecule has 3 aliphatic heterocycles. The van der Waals surface area contributed by atoms with E-state index in [4.69, 9.17) is 14.9 Å². The summed E-state index contributed by atoms with van der Waals surface area (Å²) in [7, 11) is 0. The molecule has 0 aromatic heterocycles. The van der Waals surface area contributed by atoms with Gasteiger partial charge in [-0.3, -0.25) is 14.9 Å². The van der Waals surface area contributed by atoms with Crippen LogP contribution in [-0.2, 0) is 19.1 Å². The number of amides is 4. The number of nitrogens with zero attached hydrogens (tertiary/aromatic N) is 3. The van der Waals surface area contributed by atoms with Gasteiger partial charge in [0.1, 0.15) is 23.6 Å². The Morgan fingerprint density at radius 1 is 1.22 bits per heavy atom. The molecular formula is C29H44N6O6. The zero-order valence-corrected chi connectivity index (χ0v) is 25.0. The van der Waals surface area contributed by atoms with E-state index in [9.17, 15) is 19.2 Å². The van der Waals surface area contributed by atoms with Crippen molar-refractivity contribution in [3.8, 4) is 0 Å². The number of fused-ring (bicyclic) bond motifs is 4. The number of rotatable bonds is 3. The molecule has 4 rings (SSSR count). The second-order valence-corrected chi connectivity index (χ2v) is 12.9. The Labute approximate surface area is 241 Å². The van der Waals surface area contributed by atoms with Gasteiger partial charge >= 0.3 is 18.1 Å². The van der Waals surface area contributed by atoms with Crippen molar-refractivity contribution in [2.75, 3.05) is 13.1 Å². The van der Waals surface area contributed by atoms with Gasteiger partial charge in [0.15, 0.2) is 5.78 Å².